The van der Waals surface area contributed by atoms with Gasteiger partial charge in [-0.25, -0.2) is 17.2 Å². The quantitative estimate of drug-likeness (QED) is 0.430. The van der Waals surface area contributed by atoms with Crippen molar-refractivity contribution in [2.45, 2.75) is 38.5 Å². The molecule has 0 aromatic heterocycles. The lowest BCUT2D eigenvalue weighted by Crippen LogP contribution is -2.16. The molecule has 0 unspecified atom stereocenters. The van der Waals surface area contributed by atoms with E-state index in [1.165, 1.54) is 24.3 Å². The van der Waals surface area contributed by atoms with Crippen molar-refractivity contribution in [3.8, 4) is 0 Å². The number of nitrogens with one attached hydrogen (secondary N) is 1. The monoisotopic (exact) mass is 502 g/mol. The van der Waals surface area contributed by atoms with Crippen LogP contribution in [-0.2, 0) is 10.0 Å². The lowest BCUT2D eigenvalue weighted by atomic mass is 9.93. The summed E-state index contributed by atoms with van der Waals surface area (Å²) in [5, 5.41) is -0.346. The van der Waals surface area contributed by atoms with E-state index in [2.05, 4.69) is 16.3 Å². The number of anilines is 1. The summed E-state index contributed by atoms with van der Waals surface area (Å²) in [6, 6.07) is 7.65. The van der Waals surface area contributed by atoms with Crippen LogP contribution in [0.15, 0.2) is 93.5 Å². The highest BCUT2D eigenvalue weighted by Crippen LogP contribution is 2.30. The first-order valence-electron chi connectivity index (χ1n) is 10.6. The molecule has 1 aliphatic heterocycles. The third kappa shape index (κ3) is 5.54. The molecule has 3 rings (SSSR count). The van der Waals surface area contributed by atoms with Gasteiger partial charge >= 0.3 is 0 Å². The molecule has 178 valence electrons. The van der Waals surface area contributed by atoms with E-state index >= 15 is 4.39 Å². The van der Waals surface area contributed by atoms with Gasteiger partial charge in [0.2, 0.25) is 0 Å². The molecule has 0 spiro atoms. The van der Waals surface area contributed by atoms with Crippen LogP contribution in [0, 0.1) is 11.6 Å². The predicted octanol–water partition coefficient (Wildman–Crippen LogP) is 7.35. The fourth-order valence-corrected chi connectivity index (χ4v) is 4.88. The van der Waals surface area contributed by atoms with Gasteiger partial charge in [0.15, 0.2) is 5.82 Å². The van der Waals surface area contributed by atoms with Gasteiger partial charge in [0.05, 0.1) is 16.4 Å². The van der Waals surface area contributed by atoms with Gasteiger partial charge < -0.3 is 0 Å². The van der Waals surface area contributed by atoms with Crippen LogP contribution in [0.1, 0.15) is 39.2 Å². The first kappa shape index (κ1) is 25.6. The van der Waals surface area contributed by atoms with Crippen LogP contribution in [0.4, 0.5) is 14.5 Å². The van der Waals surface area contributed by atoms with Crippen molar-refractivity contribution < 1.29 is 17.2 Å². The zero-order chi connectivity index (χ0) is 25.0. The van der Waals surface area contributed by atoms with Crippen molar-refractivity contribution in [1.82, 2.24) is 0 Å². The topological polar surface area (TPSA) is 58.5 Å². The molecule has 0 saturated heterocycles. The standard InChI is InChI=1S/C26H25ClF2N2O2S/c1-5-17-13-18(6-2)20(12-16(3)4)26(30-15-17)19-10-11-23(22(28)14-19)31-34(32,33)24-9-7-8-21(27)25(24)29/h6-12,14-15,31H,2,5,13H2,1,3-4H3. The predicted molar refractivity (Wildman–Crippen MR) is 135 cm³/mol. The Balaban J connectivity index is 2.06. The smallest absolute Gasteiger partial charge is 0.264 e. The SMILES string of the molecule is C=CC1=C(C=C(C)C)C(c2ccc(NS(=O)(=O)c3cccc(Cl)c3F)c(F)c2)=NC=C(CC)C1. The summed E-state index contributed by atoms with van der Waals surface area (Å²) in [6.07, 6.45) is 7.01. The first-order valence-corrected chi connectivity index (χ1v) is 12.5. The summed E-state index contributed by atoms with van der Waals surface area (Å²) in [6.45, 7) is 9.89. The second kappa shape index (κ2) is 10.5. The number of hydrogen-bond acceptors (Lipinski definition) is 3. The molecular weight excluding hydrogens is 478 g/mol. The molecule has 4 nitrogen and oxygen atoms in total. The Hall–Kier alpha value is -3.03. The summed E-state index contributed by atoms with van der Waals surface area (Å²) in [7, 11) is -4.40. The van der Waals surface area contributed by atoms with Crippen molar-refractivity contribution in [2.75, 3.05) is 4.72 Å². The number of benzene rings is 2. The van der Waals surface area contributed by atoms with Crippen LogP contribution < -0.4 is 4.72 Å². The summed E-state index contributed by atoms with van der Waals surface area (Å²) in [5.41, 5.74) is 4.63. The van der Waals surface area contributed by atoms with Gasteiger partial charge in [-0.1, -0.05) is 55.0 Å². The Morgan fingerprint density at radius 2 is 1.97 bits per heavy atom. The maximum Gasteiger partial charge on any atom is 0.264 e. The third-order valence-corrected chi connectivity index (χ3v) is 6.90. The maximum atomic E-state index is 15.1. The largest absolute Gasteiger partial charge is 0.277 e. The summed E-state index contributed by atoms with van der Waals surface area (Å²) >= 11 is 5.69. The van der Waals surface area contributed by atoms with Gasteiger partial charge in [-0.05, 0) is 62.1 Å². The molecule has 1 heterocycles. The molecule has 2 aromatic rings. The molecule has 0 radical (unpaired) electrons. The number of aliphatic imine (C=N–C) groups is 1. The van der Waals surface area contributed by atoms with E-state index in [0.717, 1.165) is 34.8 Å². The average Bonchev–Trinajstić information content (AvgIpc) is 2.95. The summed E-state index contributed by atoms with van der Waals surface area (Å²) < 4.78 is 56.7. The van der Waals surface area contributed by atoms with Crippen molar-refractivity contribution in [2.24, 2.45) is 4.99 Å². The van der Waals surface area contributed by atoms with Gasteiger partial charge in [0.1, 0.15) is 10.7 Å². The number of nitrogens with zero attached hydrogens (tertiary/aromatic N) is 1. The maximum absolute atomic E-state index is 15.1. The lowest BCUT2D eigenvalue weighted by molar-refractivity contribution is 0.569. The van der Waals surface area contributed by atoms with Gasteiger partial charge in [0.25, 0.3) is 10.0 Å². The van der Waals surface area contributed by atoms with Gasteiger partial charge in [0, 0.05) is 17.3 Å². The van der Waals surface area contributed by atoms with E-state index < -0.39 is 26.6 Å². The first-order chi connectivity index (χ1) is 16.1. The fourth-order valence-electron chi connectivity index (χ4n) is 3.48. The Kier molecular flexibility index (Phi) is 7.89. The fraction of sp³-hybridized carbons (Fsp3) is 0.192. The van der Waals surface area contributed by atoms with E-state index in [9.17, 15) is 12.8 Å². The molecule has 0 amide bonds. The number of sulfonamides is 1. The molecule has 0 bridgehead atoms. The Morgan fingerprint density at radius 3 is 2.59 bits per heavy atom. The third-order valence-electron chi connectivity index (χ3n) is 5.22. The molecule has 1 N–H and O–H groups in total. The van der Waals surface area contributed by atoms with Crippen molar-refractivity contribution in [3.63, 3.8) is 0 Å². The van der Waals surface area contributed by atoms with Gasteiger partial charge in [-0.3, -0.25) is 9.71 Å². The van der Waals surface area contributed by atoms with Crippen LogP contribution in [0.25, 0.3) is 0 Å². The highest BCUT2D eigenvalue weighted by Gasteiger charge is 2.23. The molecule has 0 saturated carbocycles. The zero-order valence-electron chi connectivity index (χ0n) is 19.1. The van der Waals surface area contributed by atoms with Crippen molar-refractivity contribution >= 4 is 33.0 Å². The molecule has 34 heavy (non-hydrogen) atoms. The Morgan fingerprint density at radius 1 is 1.24 bits per heavy atom. The number of rotatable bonds is 7. The van der Waals surface area contributed by atoms with Crippen LogP contribution >= 0.6 is 11.6 Å². The number of hydrogen-bond donors (Lipinski definition) is 1. The molecular formula is C26H25ClF2N2O2S. The van der Waals surface area contributed by atoms with Crippen LogP contribution in [0.5, 0.6) is 0 Å². The van der Waals surface area contributed by atoms with E-state index in [1.54, 1.807) is 18.3 Å². The lowest BCUT2D eigenvalue weighted by Gasteiger charge is -2.14. The van der Waals surface area contributed by atoms with Gasteiger partial charge in [-0.15, -0.1) is 0 Å². The van der Waals surface area contributed by atoms with Gasteiger partial charge in [-0.2, -0.15) is 0 Å². The average molecular weight is 503 g/mol. The summed E-state index contributed by atoms with van der Waals surface area (Å²) in [4.78, 5) is 3.96. The highest BCUT2D eigenvalue weighted by atomic mass is 35.5. The van der Waals surface area contributed by atoms with E-state index in [4.69, 9.17) is 11.6 Å². The van der Waals surface area contributed by atoms with Crippen LogP contribution in [0.3, 0.4) is 0 Å². The molecule has 1 aliphatic rings. The van der Waals surface area contributed by atoms with Crippen molar-refractivity contribution in [3.05, 3.63) is 106 Å². The summed E-state index contributed by atoms with van der Waals surface area (Å²) in [5.74, 6) is -1.93. The zero-order valence-corrected chi connectivity index (χ0v) is 20.7. The molecule has 8 heteroatoms. The minimum Gasteiger partial charge on any atom is -0.277 e. The Labute approximate surface area is 204 Å². The highest BCUT2D eigenvalue weighted by molar-refractivity contribution is 7.92. The number of allylic oxidation sites excluding steroid dienone is 6. The van der Waals surface area contributed by atoms with E-state index in [1.807, 2.05) is 26.8 Å². The van der Waals surface area contributed by atoms with Crippen LogP contribution in [0.2, 0.25) is 5.02 Å². The molecule has 0 aliphatic carbocycles. The second-order valence-corrected chi connectivity index (χ2v) is 10.1. The second-order valence-electron chi connectivity index (χ2n) is 8.01. The number of halogens is 3. The Bertz CT molecular complexity index is 1370. The molecule has 0 atom stereocenters. The van der Waals surface area contributed by atoms with E-state index in [-0.39, 0.29) is 10.7 Å². The molecule has 2 aromatic carbocycles. The van der Waals surface area contributed by atoms with E-state index in [0.29, 0.717) is 17.7 Å². The minimum absolute atomic E-state index is 0.321. The minimum atomic E-state index is -4.40. The van der Waals surface area contributed by atoms with Crippen molar-refractivity contribution in [1.29, 1.82) is 0 Å². The molecule has 0 fully saturated rings. The normalized spacial score (nSPS) is 14.2. The van der Waals surface area contributed by atoms with Crippen LogP contribution in [-0.4, -0.2) is 14.1 Å².